The largest absolute Gasteiger partial charge is 0.481 e. The van der Waals surface area contributed by atoms with Crippen LogP contribution >= 0.6 is 0 Å². The maximum atomic E-state index is 12.1. The molecule has 0 fully saturated rings. The highest BCUT2D eigenvalue weighted by Gasteiger charge is 2.23. The van der Waals surface area contributed by atoms with Gasteiger partial charge in [-0.05, 0) is 36.4 Å². The van der Waals surface area contributed by atoms with Crippen molar-refractivity contribution in [1.29, 1.82) is 5.41 Å². The third-order valence-corrected chi connectivity index (χ3v) is 3.85. The van der Waals surface area contributed by atoms with Gasteiger partial charge in [0.25, 0.3) is 0 Å². The van der Waals surface area contributed by atoms with E-state index in [1.807, 2.05) is 0 Å². The Balaban J connectivity index is 1.88. The van der Waals surface area contributed by atoms with Crippen LogP contribution in [-0.2, 0) is 20.8 Å². The number of hydrogen-bond donors (Lipinski definition) is 5. The van der Waals surface area contributed by atoms with Crippen LogP contribution in [0, 0.1) is 5.41 Å². The van der Waals surface area contributed by atoms with Crippen LogP contribution in [0.1, 0.15) is 34.7 Å². The van der Waals surface area contributed by atoms with Gasteiger partial charge >= 0.3 is 17.9 Å². The molecule has 11 heteroatoms. The minimum atomic E-state index is -1.54. The van der Waals surface area contributed by atoms with Gasteiger partial charge in [0.05, 0.1) is 6.42 Å². The first-order valence-electron chi connectivity index (χ1n) is 8.65. The highest BCUT2D eigenvalue weighted by atomic mass is 16.5. The van der Waals surface area contributed by atoms with Crippen LogP contribution in [0.15, 0.2) is 40.8 Å². The summed E-state index contributed by atoms with van der Waals surface area (Å²) >= 11 is 0. The summed E-state index contributed by atoms with van der Waals surface area (Å²) in [5, 5.41) is 27.0. The quantitative estimate of drug-likeness (QED) is 0.160. The first kappa shape index (κ1) is 22.1. The van der Waals surface area contributed by atoms with E-state index in [4.69, 9.17) is 30.5 Å². The van der Waals surface area contributed by atoms with E-state index in [1.54, 1.807) is 0 Å². The number of esters is 1. The fraction of sp³-hybridized carbons (Fsp3) is 0.211. The topological polar surface area (TPSA) is 193 Å². The van der Waals surface area contributed by atoms with E-state index >= 15 is 0 Å². The number of aryl methyl sites for hydroxylation is 1. The van der Waals surface area contributed by atoms with Gasteiger partial charge in [0.2, 0.25) is 11.7 Å². The van der Waals surface area contributed by atoms with Crippen LogP contribution in [0.4, 0.5) is 0 Å². The second-order valence-corrected chi connectivity index (χ2v) is 6.15. The Bertz CT molecular complexity index is 964. The normalized spacial score (nSPS) is 11.3. The summed E-state index contributed by atoms with van der Waals surface area (Å²) in [6, 6.07) is 7.28. The average Bonchev–Trinajstić information content (AvgIpc) is 3.15. The summed E-state index contributed by atoms with van der Waals surface area (Å²) < 4.78 is 10.5. The Morgan fingerprint density at radius 3 is 2.33 bits per heavy atom. The number of amidine groups is 1. The molecule has 0 aliphatic rings. The van der Waals surface area contributed by atoms with E-state index in [1.165, 1.54) is 36.4 Å². The molecule has 1 amide bonds. The molecular formula is C19H19N3O8. The zero-order valence-corrected chi connectivity index (χ0v) is 15.6. The SMILES string of the molecule is N=C(N)c1ccc(OC(=O)c2ccc(CCC(=O)N[C@@H](CC(=O)O)C(=O)O)o2)cc1. The van der Waals surface area contributed by atoms with Crippen LogP contribution in [0.3, 0.4) is 0 Å². The lowest BCUT2D eigenvalue weighted by atomic mass is 10.2. The summed E-state index contributed by atoms with van der Waals surface area (Å²) in [5.41, 5.74) is 5.82. The van der Waals surface area contributed by atoms with Crippen molar-refractivity contribution < 1.29 is 38.5 Å². The third-order valence-electron chi connectivity index (χ3n) is 3.85. The maximum absolute atomic E-state index is 12.1. The third kappa shape index (κ3) is 6.48. The number of nitrogen functional groups attached to an aromatic ring is 1. The number of benzene rings is 1. The predicted molar refractivity (Wildman–Crippen MR) is 101 cm³/mol. The first-order chi connectivity index (χ1) is 14.2. The molecule has 11 nitrogen and oxygen atoms in total. The second-order valence-electron chi connectivity index (χ2n) is 6.15. The average molecular weight is 417 g/mol. The molecule has 30 heavy (non-hydrogen) atoms. The molecule has 0 bridgehead atoms. The van der Waals surface area contributed by atoms with Gasteiger partial charge in [0.1, 0.15) is 23.4 Å². The van der Waals surface area contributed by atoms with E-state index in [2.05, 4.69) is 5.32 Å². The highest BCUT2D eigenvalue weighted by molar-refractivity contribution is 5.95. The zero-order chi connectivity index (χ0) is 22.3. The Morgan fingerprint density at radius 1 is 1.10 bits per heavy atom. The van der Waals surface area contributed by atoms with Crippen LogP contribution in [0.25, 0.3) is 0 Å². The lowest BCUT2D eigenvalue weighted by Crippen LogP contribution is -2.42. The number of carboxylic acids is 2. The fourth-order valence-electron chi connectivity index (χ4n) is 2.36. The molecule has 158 valence electrons. The summed E-state index contributed by atoms with van der Waals surface area (Å²) in [4.78, 5) is 45.6. The van der Waals surface area contributed by atoms with Crippen molar-refractivity contribution in [2.45, 2.75) is 25.3 Å². The number of hydrogen-bond acceptors (Lipinski definition) is 7. The fourth-order valence-corrected chi connectivity index (χ4v) is 2.36. The summed E-state index contributed by atoms with van der Waals surface area (Å²) in [6.07, 6.45) is -0.852. The van der Waals surface area contributed by atoms with Gasteiger partial charge in [-0.15, -0.1) is 0 Å². The number of aliphatic carboxylic acids is 2. The molecule has 2 aromatic rings. The molecule has 1 heterocycles. The predicted octanol–water partition coefficient (Wildman–Crippen LogP) is 0.760. The van der Waals surface area contributed by atoms with Gasteiger partial charge in [-0.1, -0.05) is 0 Å². The molecule has 1 atom stereocenters. The number of amides is 1. The minimum absolute atomic E-state index is 0.0613. The Kier molecular flexibility index (Phi) is 7.28. The van der Waals surface area contributed by atoms with Crippen LogP contribution in [0.2, 0.25) is 0 Å². The Morgan fingerprint density at radius 2 is 1.77 bits per heavy atom. The van der Waals surface area contributed by atoms with Crippen molar-refractivity contribution in [3.63, 3.8) is 0 Å². The Hall–Kier alpha value is -4.15. The van der Waals surface area contributed by atoms with Gasteiger partial charge in [0, 0.05) is 18.4 Å². The molecule has 1 aromatic heterocycles. The molecule has 0 unspecified atom stereocenters. The van der Waals surface area contributed by atoms with E-state index in [0.29, 0.717) is 5.56 Å². The molecule has 1 aromatic carbocycles. The number of ether oxygens (including phenoxy) is 1. The number of furan rings is 1. The number of nitrogens with two attached hydrogens (primary N) is 1. The molecule has 0 radical (unpaired) electrons. The van der Waals surface area contributed by atoms with E-state index in [0.717, 1.165) is 0 Å². The Labute approximate surface area is 169 Å². The van der Waals surface area contributed by atoms with Gasteiger partial charge in [0.15, 0.2) is 0 Å². The molecule has 0 saturated heterocycles. The van der Waals surface area contributed by atoms with Crippen molar-refractivity contribution in [3.8, 4) is 5.75 Å². The lowest BCUT2D eigenvalue weighted by molar-refractivity contribution is -0.147. The van der Waals surface area contributed by atoms with E-state index in [-0.39, 0.29) is 35.9 Å². The first-order valence-corrected chi connectivity index (χ1v) is 8.65. The summed E-state index contributed by atoms with van der Waals surface area (Å²) in [7, 11) is 0. The summed E-state index contributed by atoms with van der Waals surface area (Å²) in [5.74, 6) is -3.96. The number of carboxylic acid groups (broad SMARTS) is 2. The van der Waals surface area contributed by atoms with Crippen molar-refractivity contribution in [1.82, 2.24) is 5.32 Å². The van der Waals surface area contributed by atoms with E-state index in [9.17, 15) is 19.2 Å². The number of carbonyl (C=O) groups excluding carboxylic acids is 2. The van der Waals surface area contributed by atoms with Crippen molar-refractivity contribution in [3.05, 3.63) is 53.5 Å². The molecule has 2 rings (SSSR count). The van der Waals surface area contributed by atoms with Crippen molar-refractivity contribution in [2.75, 3.05) is 0 Å². The molecule has 0 spiro atoms. The number of carbonyl (C=O) groups is 4. The lowest BCUT2D eigenvalue weighted by Gasteiger charge is -2.11. The summed E-state index contributed by atoms with van der Waals surface area (Å²) in [6.45, 7) is 0. The van der Waals surface area contributed by atoms with E-state index < -0.39 is 36.3 Å². The smallest absolute Gasteiger partial charge is 0.379 e. The highest BCUT2D eigenvalue weighted by Crippen LogP contribution is 2.16. The van der Waals surface area contributed by atoms with Gasteiger partial charge in [-0.2, -0.15) is 0 Å². The number of nitrogens with one attached hydrogen (secondary N) is 2. The molecule has 0 aliphatic heterocycles. The van der Waals surface area contributed by atoms with Crippen molar-refractivity contribution >= 4 is 29.7 Å². The van der Waals surface area contributed by atoms with Crippen LogP contribution in [0.5, 0.6) is 5.75 Å². The minimum Gasteiger partial charge on any atom is -0.481 e. The van der Waals surface area contributed by atoms with Gasteiger partial charge in [-0.3, -0.25) is 15.0 Å². The molecule has 0 aliphatic carbocycles. The maximum Gasteiger partial charge on any atom is 0.379 e. The second kappa shape index (κ2) is 9.87. The standard InChI is InChI=1S/C19H19N3O8/c20-17(21)10-1-3-12(4-2-10)30-19(28)14-7-5-11(29-14)6-8-15(23)22-13(18(26)27)9-16(24)25/h1-5,7,13H,6,8-9H2,(H3,20,21)(H,22,23)(H,24,25)(H,26,27)/t13-/m0/s1. The molecule has 6 N–H and O–H groups in total. The zero-order valence-electron chi connectivity index (χ0n) is 15.6. The monoisotopic (exact) mass is 417 g/mol. The van der Waals surface area contributed by atoms with Crippen molar-refractivity contribution in [2.24, 2.45) is 5.73 Å². The van der Waals surface area contributed by atoms with Gasteiger partial charge < -0.3 is 30.4 Å². The van der Waals surface area contributed by atoms with Gasteiger partial charge in [-0.25, -0.2) is 9.59 Å². The molecular weight excluding hydrogens is 398 g/mol. The number of rotatable bonds is 10. The van der Waals surface area contributed by atoms with Crippen LogP contribution < -0.4 is 15.8 Å². The molecule has 0 saturated carbocycles. The van der Waals surface area contributed by atoms with Crippen LogP contribution in [-0.4, -0.2) is 45.9 Å².